The first kappa shape index (κ1) is 23.8. The minimum Gasteiger partial charge on any atom is -0.450 e. The molecule has 0 aromatic heterocycles. The third-order valence-corrected chi connectivity index (χ3v) is 4.50. The zero-order valence-electron chi connectivity index (χ0n) is 17.0. The summed E-state index contributed by atoms with van der Waals surface area (Å²) in [6.45, 7) is 0. The molecule has 3 aromatic rings. The van der Waals surface area contributed by atoms with Gasteiger partial charge in [0.15, 0.2) is 0 Å². The fraction of sp³-hybridized carbons (Fsp3) is 0. The number of nitrogens with one attached hydrogen (secondary N) is 2. The summed E-state index contributed by atoms with van der Waals surface area (Å²) in [4.78, 5) is 44.3. The maximum absolute atomic E-state index is 11.9. The van der Waals surface area contributed by atoms with Crippen molar-refractivity contribution in [3.63, 3.8) is 0 Å². The van der Waals surface area contributed by atoms with Crippen molar-refractivity contribution in [1.29, 1.82) is 0 Å². The van der Waals surface area contributed by atoms with E-state index in [0.29, 0.717) is 5.56 Å². The highest BCUT2D eigenvalue weighted by atomic mass is 35.5. The van der Waals surface area contributed by atoms with Gasteiger partial charge in [0.25, 0.3) is 5.69 Å². The van der Waals surface area contributed by atoms with Gasteiger partial charge in [-0.25, -0.2) is 5.43 Å². The molecule has 0 atom stereocenters. The Kier molecular flexibility index (Phi) is 7.46. The number of non-ortho nitro benzene ring substituents is 1. The standard InChI is InChI=1S/C21H14ClN5O7/c22-16-3-1-2-4-17(16)24-20(28)21(29)25-23-12-13-5-8-15(9-6-13)34-19-10-7-14(26(30)31)11-18(19)27(32)33/h1-12H,(H,24,28)(H,25,29). The number of nitro groups is 2. The van der Waals surface area contributed by atoms with E-state index in [4.69, 9.17) is 16.3 Å². The van der Waals surface area contributed by atoms with Crippen molar-refractivity contribution < 1.29 is 24.2 Å². The lowest BCUT2D eigenvalue weighted by Gasteiger charge is -2.06. The Balaban J connectivity index is 1.60. The largest absolute Gasteiger partial charge is 0.450 e. The molecular formula is C21H14ClN5O7. The molecule has 0 spiro atoms. The van der Waals surface area contributed by atoms with Gasteiger partial charge in [-0.3, -0.25) is 29.8 Å². The number of rotatable bonds is 7. The Morgan fingerprint density at radius 1 is 0.941 bits per heavy atom. The van der Waals surface area contributed by atoms with E-state index in [1.54, 1.807) is 18.2 Å². The van der Waals surface area contributed by atoms with Crippen LogP contribution >= 0.6 is 11.6 Å². The van der Waals surface area contributed by atoms with Gasteiger partial charge in [0.1, 0.15) is 5.75 Å². The number of benzene rings is 3. The highest BCUT2D eigenvalue weighted by molar-refractivity contribution is 6.41. The van der Waals surface area contributed by atoms with Crippen molar-refractivity contribution >= 4 is 46.7 Å². The maximum Gasteiger partial charge on any atom is 0.329 e. The average molecular weight is 484 g/mol. The van der Waals surface area contributed by atoms with Crippen molar-refractivity contribution in [2.24, 2.45) is 5.10 Å². The molecule has 0 fully saturated rings. The van der Waals surface area contributed by atoms with Gasteiger partial charge in [0, 0.05) is 6.07 Å². The van der Waals surface area contributed by atoms with Gasteiger partial charge in [0.2, 0.25) is 5.75 Å². The second-order valence-corrected chi connectivity index (χ2v) is 6.88. The number of anilines is 1. The van der Waals surface area contributed by atoms with Crippen LogP contribution in [0.1, 0.15) is 5.56 Å². The van der Waals surface area contributed by atoms with Gasteiger partial charge in [-0.05, 0) is 48.0 Å². The fourth-order valence-corrected chi connectivity index (χ4v) is 2.74. The monoisotopic (exact) mass is 483 g/mol. The number of halogens is 1. The third kappa shape index (κ3) is 6.11. The van der Waals surface area contributed by atoms with Crippen LogP contribution in [0.15, 0.2) is 71.8 Å². The van der Waals surface area contributed by atoms with Crippen LogP contribution < -0.4 is 15.5 Å². The van der Waals surface area contributed by atoms with Crippen molar-refractivity contribution in [3.8, 4) is 11.5 Å². The summed E-state index contributed by atoms with van der Waals surface area (Å²) in [7, 11) is 0. The number of hydrazone groups is 1. The van der Waals surface area contributed by atoms with E-state index in [1.165, 1.54) is 36.5 Å². The lowest BCUT2D eigenvalue weighted by atomic mass is 10.2. The molecular weight excluding hydrogens is 470 g/mol. The van der Waals surface area contributed by atoms with Gasteiger partial charge in [-0.1, -0.05) is 23.7 Å². The molecule has 0 unspecified atom stereocenters. The number of hydrogen-bond donors (Lipinski definition) is 2. The zero-order chi connectivity index (χ0) is 24.7. The van der Waals surface area contributed by atoms with Crippen LogP contribution in [0, 0.1) is 20.2 Å². The summed E-state index contributed by atoms with van der Waals surface area (Å²) in [5.41, 5.74) is 1.87. The minimum absolute atomic E-state index is 0.172. The number of carbonyl (C=O) groups is 2. The van der Waals surface area contributed by atoms with Crippen LogP contribution in [-0.2, 0) is 9.59 Å². The summed E-state index contributed by atoms with van der Waals surface area (Å²) in [6, 6.07) is 15.4. The highest BCUT2D eigenvalue weighted by Crippen LogP contribution is 2.34. The van der Waals surface area contributed by atoms with Crippen LogP contribution in [0.2, 0.25) is 5.02 Å². The first-order valence-electron chi connectivity index (χ1n) is 9.34. The minimum atomic E-state index is -1.01. The molecule has 3 aromatic carbocycles. The van der Waals surface area contributed by atoms with Gasteiger partial charge >= 0.3 is 17.5 Å². The molecule has 2 amide bonds. The third-order valence-electron chi connectivity index (χ3n) is 4.17. The molecule has 0 bridgehead atoms. The van der Waals surface area contributed by atoms with Crippen molar-refractivity contribution in [2.45, 2.75) is 0 Å². The van der Waals surface area contributed by atoms with E-state index in [2.05, 4.69) is 15.8 Å². The molecule has 172 valence electrons. The molecule has 0 saturated heterocycles. The van der Waals surface area contributed by atoms with E-state index in [1.807, 2.05) is 0 Å². The Bertz CT molecular complexity index is 1290. The topological polar surface area (TPSA) is 166 Å². The highest BCUT2D eigenvalue weighted by Gasteiger charge is 2.21. The van der Waals surface area contributed by atoms with Crippen LogP contribution in [0.5, 0.6) is 11.5 Å². The van der Waals surface area contributed by atoms with Gasteiger partial charge < -0.3 is 10.1 Å². The quantitative estimate of drug-likeness (QED) is 0.221. The van der Waals surface area contributed by atoms with E-state index < -0.39 is 33.0 Å². The molecule has 34 heavy (non-hydrogen) atoms. The molecule has 0 aliphatic heterocycles. The van der Waals surface area contributed by atoms with E-state index in [0.717, 1.165) is 18.2 Å². The van der Waals surface area contributed by atoms with Crippen LogP contribution in [0.25, 0.3) is 0 Å². The van der Waals surface area contributed by atoms with E-state index in [-0.39, 0.29) is 22.2 Å². The van der Waals surface area contributed by atoms with Crippen molar-refractivity contribution in [3.05, 3.63) is 97.5 Å². The first-order valence-corrected chi connectivity index (χ1v) is 9.72. The van der Waals surface area contributed by atoms with Crippen molar-refractivity contribution in [1.82, 2.24) is 5.43 Å². The summed E-state index contributed by atoms with van der Waals surface area (Å²) >= 11 is 5.92. The van der Waals surface area contributed by atoms with Gasteiger partial charge in [-0.15, -0.1) is 0 Å². The summed E-state index contributed by atoms with van der Waals surface area (Å²) in [6.07, 6.45) is 1.26. The lowest BCUT2D eigenvalue weighted by Crippen LogP contribution is -2.32. The summed E-state index contributed by atoms with van der Waals surface area (Å²) in [5, 5.41) is 28.3. The van der Waals surface area contributed by atoms with Gasteiger partial charge in [0.05, 0.1) is 32.8 Å². The maximum atomic E-state index is 11.9. The number of hydrogen-bond acceptors (Lipinski definition) is 8. The van der Waals surface area contributed by atoms with E-state index >= 15 is 0 Å². The zero-order valence-corrected chi connectivity index (χ0v) is 17.8. The molecule has 0 aliphatic rings. The van der Waals surface area contributed by atoms with E-state index in [9.17, 15) is 29.8 Å². The lowest BCUT2D eigenvalue weighted by molar-refractivity contribution is -0.394. The smallest absolute Gasteiger partial charge is 0.329 e. The number of carbonyl (C=O) groups excluding carboxylic acids is 2. The molecule has 0 heterocycles. The number of nitrogens with zero attached hydrogens (tertiary/aromatic N) is 3. The molecule has 13 heteroatoms. The molecule has 2 N–H and O–H groups in total. The Labute approximate surface area is 196 Å². The molecule has 0 radical (unpaired) electrons. The first-order chi connectivity index (χ1) is 16.2. The molecule has 3 rings (SSSR count). The Hall–Kier alpha value is -4.84. The van der Waals surface area contributed by atoms with Crippen molar-refractivity contribution in [2.75, 3.05) is 5.32 Å². The number of para-hydroxylation sites is 1. The second-order valence-electron chi connectivity index (χ2n) is 6.47. The second kappa shape index (κ2) is 10.7. The molecule has 0 aliphatic carbocycles. The predicted molar refractivity (Wildman–Crippen MR) is 122 cm³/mol. The summed E-state index contributed by atoms with van der Waals surface area (Å²) in [5.74, 6) is -1.92. The van der Waals surface area contributed by atoms with Crippen LogP contribution in [0.4, 0.5) is 17.1 Å². The number of ether oxygens (including phenoxy) is 1. The normalized spacial score (nSPS) is 10.5. The van der Waals surface area contributed by atoms with Crippen LogP contribution in [-0.4, -0.2) is 27.9 Å². The average Bonchev–Trinajstić information content (AvgIpc) is 2.81. The van der Waals surface area contributed by atoms with Crippen LogP contribution in [0.3, 0.4) is 0 Å². The van der Waals surface area contributed by atoms with Gasteiger partial charge in [-0.2, -0.15) is 5.10 Å². The molecule has 12 nitrogen and oxygen atoms in total. The SMILES string of the molecule is O=C(NN=Cc1ccc(Oc2ccc([N+](=O)[O-])cc2[N+](=O)[O-])cc1)C(=O)Nc1ccccc1Cl. The fourth-order valence-electron chi connectivity index (χ4n) is 2.56. The number of amides is 2. The Morgan fingerprint density at radius 3 is 2.29 bits per heavy atom. The Morgan fingerprint density at radius 2 is 1.65 bits per heavy atom. The summed E-state index contributed by atoms with van der Waals surface area (Å²) < 4.78 is 5.46. The number of nitro benzene ring substituents is 2. The predicted octanol–water partition coefficient (Wildman–Crippen LogP) is 4.04. The molecule has 0 saturated carbocycles.